The Labute approximate surface area is 176 Å². The topological polar surface area (TPSA) is 27.7 Å². The lowest BCUT2D eigenvalue weighted by Crippen LogP contribution is -2.28. The summed E-state index contributed by atoms with van der Waals surface area (Å²) in [5, 5.41) is 0. The molecular weight excluding hydrogens is 386 g/mol. The molecule has 0 aliphatic heterocycles. The van der Waals surface area contributed by atoms with E-state index in [1.54, 1.807) is 7.11 Å². The monoisotopic (exact) mass is 412 g/mol. The maximum atomic E-state index is 14.0. The fourth-order valence-corrected chi connectivity index (χ4v) is 3.15. The zero-order valence-electron chi connectivity index (χ0n) is 17.2. The molecule has 3 rings (SSSR count). The van der Waals surface area contributed by atoms with E-state index in [0.29, 0.717) is 13.0 Å². The van der Waals surface area contributed by atoms with Gasteiger partial charge in [-0.05, 0) is 48.7 Å². The van der Waals surface area contributed by atoms with Crippen molar-refractivity contribution >= 4 is 0 Å². The summed E-state index contributed by atoms with van der Waals surface area (Å²) in [6.45, 7) is 2.71. The molecule has 2 atom stereocenters. The second kappa shape index (κ2) is 10.7. The molecule has 0 aromatic heterocycles. The van der Waals surface area contributed by atoms with Gasteiger partial charge < -0.3 is 14.2 Å². The van der Waals surface area contributed by atoms with E-state index in [9.17, 15) is 8.78 Å². The van der Waals surface area contributed by atoms with Crippen molar-refractivity contribution in [1.82, 2.24) is 0 Å². The number of ether oxygens (including phenoxy) is 3. The molecular formula is C25H26F2O3. The van der Waals surface area contributed by atoms with Gasteiger partial charge in [-0.2, -0.15) is 0 Å². The molecule has 30 heavy (non-hydrogen) atoms. The number of hydrogen-bond acceptors (Lipinski definition) is 3. The predicted octanol–water partition coefficient (Wildman–Crippen LogP) is 5.82. The van der Waals surface area contributed by atoms with Crippen LogP contribution < -0.4 is 9.47 Å². The molecule has 0 bridgehead atoms. The van der Waals surface area contributed by atoms with Crippen LogP contribution in [-0.2, 0) is 17.8 Å². The van der Waals surface area contributed by atoms with Crippen LogP contribution >= 0.6 is 0 Å². The highest BCUT2D eigenvalue weighted by Crippen LogP contribution is 2.23. The highest BCUT2D eigenvalue weighted by molar-refractivity contribution is 5.28. The minimum atomic E-state index is -0.712. The summed E-state index contributed by atoms with van der Waals surface area (Å²) in [6.07, 6.45) is 0.541. The Hall–Kier alpha value is -2.92. The third kappa shape index (κ3) is 6.29. The lowest BCUT2D eigenvalue weighted by Gasteiger charge is -2.25. The van der Waals surface area contributed by atoms with Crippen molar-refractivity contribution in [3.8, 4) is 11.5 Å². The lowest BCUT2D eigenvalue weighted by molar-refractivity contribution is -0.00147. The molecule has 0 amide bonds. The van der Waals surface area contributed by atoms with Crippen LogP contribution in [0.3, 0.4) is 0 Å². The van der Waals surface area contributed by atoms with Crippen molar-refractivity contribution in [2.75, 3.05) is 13.7 Å². The summed E-state index contributed by atoms with van der Waals surface area (Å²) in [7, 11) is 1.63. The Morgan fingerprint density at radius 1 is 0.867 bits per heavy atom. The van der Waals surface area contributed by atoms with Gasteiger partial charge in [0.2, 0.25) is 0 Å². The average molecular weight is 412 g/mol. The molecule has 3 aromatic rings. The number of methoxy groups -OCH3 is 1. The number of halogens is 2. The first-order chi connectivity index (χ1) is 14.5. The summed E-state index contributed by atoms with van der Waals surface area (Å²) in [4.78, 5) is 0. The quantitative estimate of drug-likeness (QED) is 0.420. The van der Waals surface area contributed by atoms with Crippen LogP contribution in [0.5, 0.6) is 11.5 Å². The van der Waals surface area contributed by atoms with Gasteiger partial charge in [0.1, 0.15) is 11.6 Å². The molecule has 3 aromatic carbocycles. The first-order valence-corrected chi connectivity index (χ1v) is 9.91. The van der Waals surface area contributed by atoms with Gasteiger partial charge in [0.25, 0.3) is 0 Å². The lowest BCUT2D eigenvalue weighted by atomic mass is 9.95. The highest BCUT2D eigenvalue weighted by atomic mass is 19.1. The standard InChI is InChI=1S/C25H26F2O3/c1-18(29-16-20-6-4-3-5-7-20)21(14-19-8-11-23(28-2)12-9-19)17-30-25-13-10-22(26)15-24(25)27/h3-13,15,18,21H,14,16-17H2,1-2H3. The van der Waals surface area contributed by atoms with Crippen LogP contribution in [0.25, 0.3) is 0 Å². The van der Waals surface area contributed by atoms with Gasteiger partial charge >= 0.3 is 0 Å². The van der Waals surface area contributed by atoms with E-state index in [0.717, 1.165) is 22.9 Å². The molecule has 0 aliphatic carbocycles. The second-order valence-electron chi connectivity index (χ2n) is 7.20. The summed E-state index contributed by atoms with van der Waals surface area (Å²) in [5.41, 5.74) is 2.18. The van der Waals surface area contributed by atoms with Crippen molar-refractivity contribution < 1.29 is 23.0 Å². The van der Waals surface area contributed by atoms with E-state index in [-0.39, 0.29) is 24.4 Å². The van der Waals surface area contributed by atoms with E-state index in [1.165, 1.54) is 12.1 Å². The van der Waals surface area contributed by atoms with Gasteiger partial charge in [-0.25, -0.2) is 8.78 Å². The second-order valence-corrected chi connectivity index (χ2v) is 7.20. The smallest absolute Gasteiger partial charge is 0.167 e. The molecule has 158 valence electrons. The van der Waals surface area contributed by atoms with E-state index in [1.807, 2.05) is 61.5 Å². The Balaban J connectivity index is 1.68. The number of rotatable bonds is 10. The third-order valence-corrected chi connectivity index (χ3v) is 5.02. The van der Waals surface area contributed by atoms with Gasteiger partial charge in [-0.3, -0.25) is 0 Å². The minimum Gasteiger partial charge on any atom is -0.497 e. The zero-order chi connectivity index (χ0) is 21.3. The maximum absolute atomic E-state index is 14.0. The van der Waals surface area contributed by atoms with Crippen molar-refractivity contribution in [2.45, 2.75) is 26.1 Å². The molecule has 0 fully saturated rings. The Morgan fingerprint density at radius 3 is 2.27 bits per heavy atom. The predicted molar refractivity (Wildman–Crippen MR) is 113 cm³/mol. The first kappa shape index (κ1) is 21.8. The van der Waals surface area contributed by atoms with E-state index in [4.69, 9.17) is 14.2 Å². The molecule has 0 aliphatic rings. The number of hydrogen-bond donors (Lipinski definition) is 0. The van der Waals surface area contributed by atoms with E-state index >= 15 is 0 Å². The summed E-state index contributed by atoms with van der Waals surface area (Å²) in [6, 6.07) is 21.0. The van der Waals surface area contributed by atoms with Crippen LogP contribution in [0.15, 0.2) is 72.8 Å². The van der Waals surface area contributed by atoms with Crippen LogP contribution in [-0.4, -0.2) is 19.8 Å². The zero-order valence-corrected chi connectivity index (χ0v) is 17.2. The summed E-state index contributed by atoms with van der Waals surface area (Å²) < 4.78 is 44.1. The molecule has 0 spiro atoms. The Kier molecular flexibility index (Phi) is 7.80. The maximum Gasteiger partial charge on any atom is 0.167 e. The molecule has 0 radical (unpaired) electrons. The van der Waals surface area contributed by atoms with Crippen molar-refractivity contribution in [1.29, 1.82) is 0 Å². The average Bonchev–Trinajstić information content (AvgIpc) is 2.77. The fraction of sp³-hybridized carbons (Fsp3) is 0.280. The van der Waals surface area contributed by atoms with E-state index in [2.05, 4.69) is 0 Å². The van der Waals surface area contributed by atoms with Crippen LogP contribution in [0.4, 0.5) is 8.78 Å². The van der Waals surface area contributed by atoms with Gasteiger partial charge in [0, 0.05) is 12.0 Å². The fourth-order valence-electron chi connectivity index (χ4n) is 3.15. The molecule has 0 saturated carbocycles. The molecule has 5 heteroatoms. The normalized spacial score (nSPS) is 12.9. The molecule has 0 saturated heterocycles. The van der Waals surface area contributed by atoms with Crippen molar-refractivity contribution in [3.05, 3.63) is 95.6 Å². The van der Waals surface area contributed by atoms with Gasteiger partial charge in [-0.15, -0.1) is 0 Å². The third-order valence-electron chi connectivity index (χ3n) is 5.02. The molecule has 2 unspecified atom stereocenters. The molecule has 0 heterocycles. The van der Waals surface area contributed by atoms with E-state index < -0.39 is 11.6 Å². The van der Waals surface area contributed by atoms with Gasteiger partial charge in [-0.1, -0.05) is 42.5 Å². The SMILES string of the molecule is COc1ccc(CC(COc2ccc(F)cc2F)C(C)OCc2ccccc2)cc1. The Bertz CT molecular complexity index is 913. The van der Waals surface area contributed by atoms with Crippen molar-refractivity contribution in [2.24, 2.45) is 5.92 Å². The minimum absolute atomic E-state index is 0.0337. The first-order valence-electron chi connectivity index (χ1n) is 9.91. The van der Waals surface area contributed by atoms with Gasteiger partial charge in [0.05, 0.1) is 26.4 Å². The van der Waals surface area contributed by atoms with Crippen molar-refractivity contribution in [3.63, 3.8) is 0 Å². The number of benzene rings is 3. The molecule has 3 nitrogen and oxygen atoms in total. The van der Waals surface area contributed by atoms with Crippen LogP contribution in [0.1, 0.15) is 18.1 Å². The summed E-state index contributed by atoms with van der Waals surface area (Å²) in [5.74, 6) is -0.559. The van der Waals surface area contributed by atoms with Gasteiger partial charge in [0.15, 0.2) is 11.6 Å². The largest absolute Gasteiger partial charge is 0.497 e. The van der Waals surface area contributed by atoms with Crippen LogP contribution in [0, 0.1) is 17.6 Å². The molecule has 0 N–H and O–H groups in total. The summed E-state index contributed by atoms with van der Waals surface area (Å²) >= 11 is 0. The Morgan fingerprint density at radius 2 is 1.60 bits per heavy atom. The van der Waals surface area contributed by atoms with Crippen LogP contribution in [0.2, 0.25) is 0 Å². The highest BCUT2D eigenvalue weighted by Gasteiger charge is 2.21.